The van der Waals surface area contributed by atoms with Gasteiger partial charge in [-0.05, 0) is 36.6 Å². The van der Waals surface area contributed by atoms with Gasteiger partial charge in [-0.1, -0.05) is 36.6 Å². The molecule has 122 valence electrons. The zero-order valence-electron chi connectivity index (χ0n) is 12.8. The van der Waals surface area contributed by atoms with Crippen molar-refractivity contribution in [3.05, 3.63) is 40.9 Å². The van der Waals surface area contributed by atoms with E-state index >= 15 is 0 Å². The van der Waals surface area contributed by atoms with E-state index in [4.69, 9.17) is 11.6 Å². The summed E-state index contributed by atoms with van der Waals surface area (Å²) in [4.78, 5) is 24.1. The molecule has 5 nitrogen and oxygen atoms in total. The molecule has 23 heavy (non-hydrogen) atoms. The van der Waals surface area contributed by atoms with Crippen molar-refractivity contribution in [2.24, 2.45) is 0 Å². The first-order valence-corrected chi connectivity index (χ1v) is 8.32. The first-order valence-electron chi connectivity index (χ1n) is 7.94. The number of carbonyl (C=O) groups excluding carboxylic acids is 2. The number of benzene rings is 1. The van der Waals surface area contributed by atoms with Crippen LogP contribution in [0.5, 0.6) is 0 Å². The molecule has 1 aromatic carbocycles. The lowest BCUT2D eigenvalue weighted by Gasteiger charge is -2.29. The third kappa shape index (κ3) is 4.05. The number of halogens is 1. The van der Waals surface area contributed by atoms with Crippen molar-refractivity contribution in [1.29, 1.82) is 0 Å². The van der Waals surface area contributed by atoms with Gasteiger partial charge in [-0.25, -0.2) is 5.01 Å². The van der Waals surface area contributed by atoms with Crippen LogP contribution in [0.2, 0.25) is 5.02 Å². The van der Waals surface area contributed by atoms with Crippen LogP contribution in [-0.4, -0.2) is 29.4 Å². The highest BCUT2D eigenvalue weighted by Crippen LogP contribution is 2.20. The first-order chi connectivity index (χ1) is 11.1. The van der Waals surface area contributed by atoms with Crippen molar-refractivity contribution < 1.29 is 9.59 Å². The molecule has 0 atom stereocenters. The highest BCUT2D eigenvalue weighted by atomic mass is 35.5. The lowest BCUT2D eigenvalue weighted by atomic mass is 10.1. The molecule has 0 saturated heterocycles. The fourth-order valence-corrected chi connectivity index (χ4v) is 3.11. The van der Waals surface area contributed by atoms with Gasteiger partial charge >= 0.3 is 0 Å². The largest absolute Gasteiger partial charge is 0.352 e. The minimum absolute atomic E-state index is 0.0280. The zero-order chi connectivity index (χ0) is 16.2. The van der Waals surface area contributed by atoms with E-state index in [-0.39, 0.29) is 30.8 Å². The van der Waals surface area contributed by atoms with Crippen LogP contribution < -0.4 is 10.7 Å². The topological polar surface area (TPSA) is 61.4 Å². The number of amides is 2. The van der Waals surface area contributed by atoms with Crippen LogP contribution in [0.25, 0.3) is 5.70 Å². The van der Waals surface area contributed by atoms with E-state index in [2.05, 4.69) is 10.7 Å². The molecule has 2 N–H and O–H groups in total. The smallest absolute Gasteiger partial charge is 0.245 e. The molecule has 1 aliphatic carbocycles. The Hall–Kier alpha value is -2.01. The van der Waals surface area contributed by atoms with Crippen molar-refractivity contribution >= 4 is 29.1 Å². The first kappa shape index (κ1) is 15.9. The quantitative estimate of drug-likeness (QED) is 0.890. The lowest BCUT2D eigenvalue weighted by Crippen LogP contribution is -2.50. The van der Waals surface area contributed by atoms with Gasteiger partial charge in [-0.2, -0.15) is 0 Å². The molecule has 3 rings (SSSR count). The molecule has 1 aliphatic heterocycles. The van der Waals surface area contributed by atoms with Gasteiger partial charge in [0.15, 0.2) is 0 Å². The number of nitrogens with one attached hydrogen (secondary N) is 2. The Bertz CT molecular complexity index is 621. The highest BCUT2D eigenvalue weighted by molar-refractivity contribution is 6.30. The summed E-state index contributed by atoms with van der Waals surface area (Å²) in [5.74, 6) is -0.223. The summed E-state index contributed by atoms with van der Waals surface area (Å²) in [5.41, 5.74) is 4.78. The number of hydrazine groups is 1. The predicted octanol–water partition coefficient (Wildman–Crippen LogP) is 2.48. The minimum Gasteiger partial charge on any atom is -0.352 e. The predicted molar refractivity (Wildman–Crippen MR) is 89.3 cm³/mol. The second-order valence-electron chi connectivity index (χ2n) is 5.97. The maximum absolute atomic E-state index is 12.1. The molecule has 6 heteroatoms. The third-order valence-corrected chi connectivity index (χ3v) is 4.47. The number of carbonyl (C=O) groups is 2. The SMILES string of the molecule is O=C(CN1NC(c2ccc(Cl)cc2)=CCC1=O)NC1CCCC1. The van der Waals surface area contributed by atoms with Crippen LogP contribution in [-0.2, 0) is 9.59 Å². The summed E-state index contributed by atoms with van der Waals surface area (Å²) in [7, 11) is 0. The molecule has 2 amide bonds. The van der Waals surface area contributed by atoms with E-state index in [1.807, 2.05) is 18.2 Å². The number of rotatable bonds is 4. The molecule has 0 unspecified atom stereocenters. The minimum atomic E-state index is -0.116. The van der Waals surface area contributed by atoms with E-state index in [9.17, 15) is 9.59 Å². The van der Waals surface area contributed by atoms with Gasteiger partial charge in [0, 0.05) is 17.5 Å². The Morgan fingerprint density at radius 2 is 1.96 bits per heavy atom. The molecule has 1 heterocycles. The van der Waals surface area contributed by atoms with Gasteiger partial charge in [-0.15, -0.1) is 0 Å². The van der Waals surface area contributed by atoms with E-state index in [0.717, 1.165) is 36.9 Å². The van der Waals surface area contributed by atoms with Crippen LogP contribution in [0.3, 0.4) is 0 Å². The molecular weight excluding hydrogens is 314 g/mol. The lowest BCUT2D eigenvalue weighted by molar-refractivity contribution is -0.138. The van der Waals surface area contributed by atoms with Gasteiger partial charge < -0.3 is 5.32 Å². The van der Waals surface area contributed by atoms with E-state index in [1.165, 1.54) is 5.01 Å². The zero-order valence-corrected chi connectivity index (χ0v) is 13.6. The highest BCUT2D eigenvalue weighted by Gasteiger charge is 2.24. The summed E-state index contributed by atoms with van der Waals surface area (Å²) in [6.07, 6.45) is 6.50. The maximum Gasteiger partial charge on any atom is 0.245 e. The summed E-state index contributed by atoms with van der Waals surface area (Å²) in [6.45, 7) is 0.0280. The Labute approximate surface area is 140 Å². The maximum atomic E-state index is 12.1. The summed E-state index contributed by atoms with van der Waals surface area (Å²) in [6, 6.07) is 7.62. The normalized spacial score (nSPS) is 18.6. The number of hydrogen-bond donors (Lipinski definition) is 2. The Morgan fingerprint density at radius 1 is 1.26 bits per heavy atom. The second-order valence-corrected chi connectivity index (χ2v) is 6.41. The molecule has 1 fully saturated rings. The second kappa shape index (κ2) is 7.04. The van der Waals surface area contributed by atoms with Crippen molar-refractivity contribution in [2.75, 3.05) is 6.54 Å². The van der Waals surface area contributed by atoms with Crippen molar-refractivity contribution in [3.8, 4) is 0 Å². The van der Waals surface area contributed by atoms with Crippen LogP contribution in [0.15, 0.2) is 30.3 Å². The Kier molecular flexibility index (Phi) is 4.86. The summed E-state index contributed by atoms with van der Waals surface area (Å²) in [5, 5.41) is 5.04. The van der Waals surface area contributed by atoms with Crippen molar-refractivity contribution in [3.63, 3.8) is 0 Å². The summed E-state index contributed by atoms with van der Waals surface area (Å²) < 4.78 is 0. The molecule has 0 radical (unpaired) electrons. The molecule has 1 aromatic rings. The van der Waals surface area contributed by atoms with Crippen molar-refractivity contribution in [2.45, 2.75) is 38.1 Å². The monoisotopic (exact) mass is 333 g/mol. The molecule has 0 spiro atoms. The van der Waals surface area contributed by atoms with Gasteiger partial charge in [0.2, 0.25) is 11.8 Å². The average molecular weight is 334 g/mol. The van der Waals surface area contributed by atoms with Gasteiger partial charge in [-0.3, -0.25) is 15.0 Å². The van der Waals surface area contributed by atoms with Gasteiger partial charge in [0.05, 0.1) is 5.70 Å². The van der Waals surface area contributed by atoms with Crippen LogP contribution in [0, 0.1) is 0 Å². The van der Waals surface area contributed by atoms with Crippen LogP contribution >= 0.6 is 11.6 Å². The van der Waals surface area contributed by atoms with Gasteiger partial charge in [0.1, 0.15) is 6.54 Å². The average Bonchev–Trinajstić information content (AvgIpc) is 3.03. The van der Waals surface area contributed by atoms with Gasteiger partial charge in [0.25, 0.3) is 0 Å². The van der Waals surface area contributed by atoms with Crippen molar-refractivity contribution in [1.82, 2.24) is 15.8 Å². The standard InChI is InChI=1S/C17H20ClN3O2/c18-13-7-5-12(6-8-13)15-9-10-17(23)21(20-15)11-16(22)19-14-3-1-2-4-14/h5-9,14,20H,1-4,10-11H2,(H,19,22). The van der Waals surface area contributed by atoms with Crippen LogP contribution in [0.1, 0.15) is 37.7 Å². The number of hydrogen-bond acceptors (Lipinski definition) is 3. The molecular formula is C17H20ClN3O2. The molecule has 0 bridgehead atoms. The number of nitrogens with zero attached hydrogens (tertiary/aromatic N) is 1. The fourth-order valence-electron chi connectivity index (χ4n) is 2.98. The molecule has 0 aromatic heterocycles. The Balaban J connectivity index is 1.61. The summed E-state index contributed by atoms with van der Waals surface area (Å²) >= 11 is 5.89. The van der Waals surface area contributed by atoms with E-state index in [0.29, 0.717) is 5.02 Å². The van der Waals surface area contributed by atoms with Crippen LogP contribution in [0.4, 0.5) is 0 Å². The van der Waals surface area contributed by atoms with E-state index < -0.39 is 0 Å². The molecule has 1 saturated carbocycles. The third-order valence-electron chi connectivity index (χ3n) is 4.21. The molecule has 2 aliphatic rings. The fraction of sp³-hybridized carbons (Fsp3) is 0.412. The van der Waals surface area contributed by atoms with E-state index in [1.54, 1.807) is 12.1 Å². The Morgan fingerprint density at radius 3 is 2.65 bits per heavy atom.